The Morgan fingerprint density at radius 3 is 2.81 bits per heavy atom. The molecule has 21 heavy (non-hydrogen) atoms. The normalized spacial score (nSPS) is 12.5. The Labute approximate surface area is 132 Å². The number of nitrogens with zero attached hydrogens (tertiary/aromatic N) is 1. The van der Waals surface area contributed by atoms with Gasteiger partial charge in [0.05, 0.1) is 10.6 Å². The van der Waals surface area contributed by atoms with Crippen molar-refractivity contribution in [1.29, 1.82) is 0 Å². The molecule has 0 aliphatic heterocycles. The molecule has 0 amide bonds. The molecule has 5 heteroatoms. The van der Waals surface area contributed by atoms with Crippen LogP contribution in [0.25, 0.3) is 0 Å². The number of hydrogen-bond acceptors (Lipinski definition) is 4. The maximum Gasteiger partial charge on any atom is 0.126 e. The third kappa shape index (κ3) is 3.53. The average Bonchev–Trinajstić information content (AvgIpc) is 3.13. The first kappa shape index (κ1) is 14.3. The highest BCUT2D eigenvalue weighted by Crippen LogP contribution is 2.31. The molecule has 0 bridgehead atoms. The van der Waals surface area contributed by atoms with E-state index in [0.29, 0.717) is 6.54 Å². The van der Waals surface area contributed by atoms with Gasteiger partial charge in [0.15, 0.2) is 0 Å². The van der Waals surface area contributed by atoms with Gasteiger partial charge in [-0.25, -0.2) is 0 Å². The van der Waals surface area contributed by atoms with Crippen LogP contribution in [0.2, 0.25) is 4.34 Å². The van der Waals surface area contributed by atoms with Gasteiger partial charge >= 0.3 is 0 Å². The topological polar surface area (TPSA) is 38.1 Å². The van der Waals surface area contributed by atoms with Gasteiger partial charge in [0.2, 0.25) is 0 Å². The highest BCUT2D eigenvalue weighted by molar-refractivity contribution is 7.16. The third-order valence-electron chi connectivity index (χ3n) is 3.19. The second kappa shape index (κ2) is 6.43. The van der Waals surface area contributed by atoms with Gasteiger partial charge < -0.3 is 4.42 Å². The Morgan fingerprint density at radius 1 is 1.29 bits per heavy atom. The van der Waals surface area contributed by atoms with E-state index in [1.165, 1.54) is 0 Å². The number of nitrogens with one attached hydrogen (secondary N) is 1. The Bertz CT molecular complexity index is 691. The van der Waals surface area contributed by atoms with Crippen molar-refractivity contribution < 1.29 is 4.42 Å². The highest BCUT2D eigenvalue weighted by Gasteiger charge is 2.18. The Kier molecular flexibility index (Phi) is 4.39. The molecule has 3 heterocycles. The van der Waals surface area contributed by atoms with E-state index < -0.39 is 0 Å². The molecule has 0 radical (unpaired) electrons. The van der Waals surface area contributed by atoms with E-state index in [2.05, 4.69) is 16.4 Å². The second-order valence-corrected chi connectivity index (χ2v) is 6.53. The van der Waals surface area contributed by atoms with Crippen molar-refractivity contribution in [2.45, 2.75) is 19.5 Å². The quantitative estimate of drug-likeness (QED) is 0.748. The van der Waals surface area contributed by atoms with Crippen molar-refractivity contribution in [3.8, 4) is 0 Å². The molecular formula is C16H15ClN2OS. The van der Waals surface area contributed by atoms with Crippen LogP contribution in [0.5, 0.6) is 0 Å². The van der Waals surface area contributed by atoms with Crippen LogP contribution in [0.1, 0.15) is 27.9 Å². The fourth-order valence-corrected chi connectivity index (χ4v) is 3.25. The summed E-state index contributed by atoms with van der Waals surface area (Å²) < 4.78 is 6.33. The van der Waals surface area contributed by atoms with Crippen LogP contribution in [0.3, 0.4) is 0 Å². The smallest absolute Gasteiger partial charge is 0.126 e. The van der Waals surface area contributed by atoms with Crippen molar-refractivity contribution in [1.82, 2.24) is 10.3 Å². The van der Waals surface area contributed by atoms with Crippen LogP contribution < -0.4 is 5.32 Å². The van der Waals surface area contributed by atoms with Gasteiger partial charge in [-0.3, -0.25) is 10.3 Å². The first-order valence-electron chi connectivity index (χ1n) is 6.66. The number of thiophene rings is 1. The van der Waals surface area contributed by atoms with Crippen molar-refractivity contribution in [2.24, 2.45) is 0 Å². The summed E-state index contributed by atoms with van der Waals surface area (Å²) in [4.78, 5) is 5.45. The van der Waals surface area contributed by atoms with Crippen LogP contribution in [0.4, 0.5) is 0 Å². The number of halogens is 1. The van der Waals surface area contributed by atoms with E-state index in [1.807, 2.05) is 43.5 Å². The Hall–Kier alpha value is -1.62. The van der Waals surface area contributed by atoms with Crippen LogP contribution in [0.15, 0.2) is 53.3 Å². The van der Waals surface area contributed by atoms with Crippen molar-refractivity contribution in [3.63, 3.8) is 0 Å². The van der Waals surface area contributed by atoms with Gasteiger partial charge in [-0.1, -0.05) is 17.7 Å². The molecule has 3 nitrogen and oxygen atoms in total. The van der Waals surface area contributed by atoms with Gasteiger partial charge in [-0.05, 0) is 42.8 Å². The summed E-state index contributed by atoms with van der Waals surface area (Å²) in [6.45, 7) is 2.70. The lowest BCUT2D eigenvalue weighted by Crippen LogP contribution is -2.20. The van der Waals surface area contributed by atoms with Gasteiger partial charge in [0.25, 0.3) is 0 Å². The summed E-state index contributed by atoms with van der Waals surface area (Å²) in [6, 6.07) is 11.9. The molecule has 1 atom stereocenters. The zero-order valence-electron chi connectivity index (χ0n) is 11.5. The van der Waals surface area contributed by atoms with E-state index in [-0.39, 0.29) is 6.04 Å². The van der Waals surface area contributed by atoms with E-state index >= 15 is 0 Å². The molecule has 108 valence electrons. The van der Waals surface area contributed by atoms with Gasteiger partial charge in [0.1, 0.15) is 11.8 Å². The van der Waals surface area contributed by atoms with E-state index in [9.17, 15) is 0 Å². The molecule has 3 aromatic rings. The molecule has 1 unspecified atom stereocenters. The molecular weight excluding hydrogens is 304 g/mol. The van der Waals surface area contributed by atoms with Crippen LogP contribution in [0, 0.1) is 6.92 Å². The van der Waals surface area contributed by atoms with Crippen LogP contribution in [-0.4, -0.2) is 4.98 Å². The molecule has 0 aliphatic rings. The molecule has 0 saturated carbocycles. The van der Waals surface area contributed by atoms with E-state index in [1.54, 1.807) is 17.6 Å². The Balaban J connectivity index is 1.78. The molecule has 3 rings (SSSR count). The van der Waals surface area contributed by atoms with Crippen molar-refractivity contribution in [3.05, 3.63) is 75.1 Å². The maximum absolute atomic E-state index is 6.05. The fraction of sp³-hybridized carbons (Fsp3) is 0.188. The molecule has 0 aliphatic carbocycles. The first-order chi connectivity index (χ1) is 10.2. The second-order valence-electron chi connectivity index (χ2n) is 4.78. The van der Waals surface area contributed by atoms with Gasteiger partial charge in [0, 0.05) is 23.3 Å². The minimum Gasteiger partial charge on any atom is -0.467 e. The van der Waals surface area contributed by atoms with Crippen molar-refractivity contribution in [2.75, 3.05) is 0 Å². The molecule has 0 aromatic carbocycles. The molecule has 0 spiro atoms. The number of aryl methyl sites for hydroxylation is 1. The Morgan fingerprint density at radius 2 is 2.19 bits per heavy atom. The summed E-state index contributed by atoms with van der Waals surface area (Å²) in [5.74, 6) is 0.883. The lowest BCUT2D eigenvalue weighted by Gasteiger charge is -2.15. The molecule has 3 aromatic heterocycles. The van der Waals surface area contributed by atoms with Crippen LogP contribution >= 0.6 is 22.9 Å². The predicted molar refractivity (Wildman–Crippen MR) is 85.7 cm³/mol. The standard InChI is InChI=1S/C16H15ClN2OS/c1-11-4-5-12(9-18-11)10-19-16(13-3-2-8-20-13)14-6-7-15(17)21-14/h2-9,16,19H,10H2,1H3. The molecule has 0 saturated heterocycles. The SMILES string of the molecule is Cc1ccc(CNC(c2ccco2)c2ccc(Cl)s2)cn1. The predicted octanol–water partition coefficient (Wildman–Crippen LogP) is 4.58. The zero-order valence-corrected chi connectivity index (χ0v) is 13.1. The van der Waals surface area contributed by atoms with E-state index in [0.717, 1.165) is 26.2 Å². The summed E-state index contributed by atoms with van der Waals surface area (Å²) >= 11 is 7.61. The summed E-state index contributed by atoms with van der Waals surface area (Å²) in [5.41, 5.74) is 2.16. The number of pyridine rings is 1. The minimum atomic E-state index is -0.00111. The fourth-order valence-electron chi connectivity index (χ4n) is 2.10. The molecule has 0 fully saturated rings. The van der Waals surface area contributed by atoms with Gasteiger partial charge in [-0.2, -0.15) is 0 Å². The van der Waals surface area contributed by atoms with Crippen molar-refractivity contribution >= 4 is 22.9 Å². The third-order valence-corrected chi connectivity index (χ3v) is 4.49. The largest absolute Gasteiger partial charge is 0.467 e. The van der Waals surface area contributed by atoms with E-state index in [4.69, 9.17) is 16.0 Å². The highest BCUT2D eigenvalue weighted by atomic mass is 35.5. The number of furan rings is 1. The average molecular weight is 319 g/mol. The van der Waals surface area contributed by atoms with Gasteiger partial charge in [-0.15, -0.1) is 11.3 Å². The summed E-state index contributed by atoms with van der Waals surface area (Å²) in [5, 5.41) is 3.51. The lowest BCUT2D eigenvalue weighted by atomic mass is 10.1. The summed E-state index contributed by atoms with van der Waals surface area (Å²) in [6.07, 6.45) is 3.58. The first-order valence-corrected chi connectivity index (χ1v) is 7.85. The summed E-state index contributed by atoms with van der Waals surface area (Å²) in [7, 11) is 0. The number of rotatable bonds is 5. The number of hydrogen-bond donors (Lipinski definition) is 1. The maximum atomic E-state index is 6.05. The van der Waals surface area contributed by atoms with Crippen LogP contribution in [-0.2, 0) is 6.54 Å². The minimum absolute atomic E-state index is 0.00111. The number of aromatic nitrogens is 1. The monoisotopic (exact) mass is 318 g/mol. The zero-order chi connectivity index (χ0) is 14.7. The lowest BCUT2D eigenvalue weighted by molar-refractivity contribution is 0.449. The molecule has 1 N–H and O–H groups in total.